The summed E-state index contributed by atoms with van der Waals surface area (Å²) in [6, 6.07) is 4.33. The molecule has 0 amide bonds. The van der Waals surface area contributed by atoms with E-state index in [1.165, 1.54) is 25.0 Å². The molecule has 1 aliphatic heterocycles. The molecular formula is C20H28FN3O. The van der Waals surface area contributed by atoms with Crippen molar-refractivity contribution < 1.29 is 4.39 Å². The first-order chi connectivity index (χ1) is 12.2. The van der Waals surface area contributed by atoms with Gasteiger partial charge >= 0.3 is 0 Å². The minimum absolute atomic E-state index is 0.116. The van der Waals surface area contributed by atoms with Crippen molar-refractivity contribution in [1.29, 1.82) is 0 Å². The van der Waals surface area contributed by atoms with Crippen molar-refractivity contribution in [1.82, 2.24) is 14.9 Å². The summed E-state index contributed by atoms with van der Waals surface area (Å²) in [7, 11) is 0. The van der Waals surface area contributed by atoms with E-state index in [1.807, 2.05) is 6.92 Å². The van der Waals surface area contributed by atoms with E-state index < -0.39 is 0 Å². The van der Waals surface area contributed by atoms with Gasteiger partial charge in [-0.1, -0.05) is 13.3 Å². The van der Waals surface area contributed by atoms with Crippen LogP contribution in [0.25, 0.3) is 10.9 Å². The molecule has 2 heterocycles. The zero-order valence-corrected chi connectivity index (χ0v) is 15.2. The normalized spacial score (nSPS) is 19.7. The molecule has 2 aromatic rings. The van der Waals surface area contributed by atoms with Crippen LogP contribution >= 0.6 is 0 Å². The van der Waals surface area contributed by atoms with Crippen molar-refractivity contribution in [3.05, 3.63) is 40.2 Å². The monoisotopic (exact) mass is 345 g/mol. The van der Waals surface area contributed by atoms with Crippen molar-refractivity contribution >= 4 is 10.9 Å². The molecule has 136 valence electrons. The fourth-order valence-corrected chi connectivity index (χ4v) is 4.13. The molecule has 1 N–H and O–H groups in total. The fourth-order valence-electron chi connectivity index (χ4n) is 4.13. The van der Waals surface area contributed by atoms with Gasteiger partial charge in [0.15, 0.2) is 0 Å². The molecule has 1 aromatic heterocycles. The summed E-state index contributed by atoms with van der Waals surface area (Å²) in [4.78, 5) is 17.8. The minimum atomic E-state index is -0.387. The third-order valence-electron chi connectivity index (χ3n) is 5.38. The second-order valence-corrected chi connectivity index (χ2v) is 7.02. The molecule has 0 saturated carbocycles. The van der Waals surface area contributed by atoms with Gasteiger partial charge in [-0.05, 0) is 69.8 Å². The van der Waals surface area contributed by atoms with Gasteiger partial charge in [0.2, 0.25) is 0 Å². The summed E-state index contributed by atoms with van der Waals surface area (Å²) >= 11 is 0. The Morgan fingerprint density at radius 3 is 2.92 bits per heavy atom. The van der Waals surface area contributed by atoms with Crippen LogP contribution < -0.4 is 10.9 Å². The Balaban J connectivity index is 2.12. The number of halogens is 1. The van der Waals surface area contributed by atoms with Crippen LogP contribution in [0.5, 0.6) is 0 Å². The zero-order valence-electron chi connectivity index (χ0n) is 15.2. The second-order valence-electron chi connectivity index (χ2n) is 7.02. The van der Waals surface area contributed by atoms with Crippen LogP contribution in [0.1, 0.15) is 57.7 Å². The number of hydrogen-bond acceptors (Lipinski definition) is 3. The third-order valence-corrected chi connectivity index (χ3v) is 5.38. The highest BCUT2D eigenvalue weighted by atomic mass is 19.1. The Morgan fingerprint density at radius 2 is 2.16 bits per heavy atom. The first-order valence-corrected chi connectivity index (χ1v) is 9.56. The second kappa shape index (κ2) is 8.09. The van der Waals surface area contributed by atoms with Gasteiger partial charge in [0.05, 0.1) is 10.9 Å². The average Bonchev–Trinajstić information content (AvgIpc) is 2.89. The van der Waals surface area contributed by atoms with E-state index >= 15 is 0 Å². The number of nitrogens with one attached hydrogen (secondary N) is 1. The van der Waals surface area contributed by atoms with Crippen molar-refractivity contribution in [2.75, 3.05) is 13.1 Å². The number of rotatable bonds is 5. The van der Waals surface area contributed by atoms with Crippen LogP contribution in [0, 0.1) is 11.7 Å². The van der Waals surface area contributed by atoms with E-state index in [2.05, 4.69) is 12.2 Å². The molecular weight excluding hydrogens is 317 g/mol. The third kappa shape index (κ3) is 3.76. The fraction of sp³-hybridized carbons (Fsp3) is 0.600. The molecule has 5 heteroatoms. The molecule has 1 saturated heterocycles. The van der Waals surface area contributed by atoms with Gasteiger partial charge in [0.25, 0.3) is 5.56 Å². The Labute approximate surface area is 148 Å². The van der Waals surface area contributed by atoms with Crippen molar-refractivity contribution in [3.63, 3.8) is 0 Å². The molecule has 0 aliphatic carbocycles. The van der Waals surface area contributed by atoms with Crippen molar-refractivity contribution in [3.8, 4) is 0 Å². The molecule has 0 radical (unpaired) electrons. The number of hydrogen-bond donors (Lipinski definition) is 1. The van der Waals surface area contributed by atoms with E-state index in [9.17, 15) is 9.18 Å². The zero-order chi connectivity index (χ0) is 17.8. The summed E-state index contributed by atoms with van der Waals surface area (Å²) in [5, 5.41) is 3.85. The molecule has 0 spiro atoms. The molecule has 3 rings (SSSR count). The maximum absolute atomic E-state index is 13.6. The van der Waals surface area contributed by atoms with Crippen molar-refractivity contribution in [2.24, 2.45) is 5.92 Å². The number of benzene rings is 1. The number of aromatic nitrogens is 2. The van der Waals surface area contributed by atoms with Crippen LogP contribution in [-0.2, 0) is 6.54 Å². The molecule has 2 unspecified atom stereocenters. The highest BCUT2D eigenvalue weighted by molar-refractivity contribution is 5.77. The van der Waals surface area contributed by atoms with Gasteiger partial charge in [-0.3, -0.25) is 9.36 Å². The van der Waals surface area contributed by atoms with E-state index in [-0.39, 0.29) is 17.3 Å². The summed E-state index contributed by atoms with van der Waals surface area (Å²) in [5.41, 5.74) is 0.494. The Kier molecular flexibility index (Phi) is 5.84. The van der Waals surface area contributed by atoms with E-state index in [1.54, 1.807) is 10.6 Å². The summed E-state index contributed by atoms with van der Waals surface area (Å²) in [6.07, 6.45) is 5.55. The van der Waals surface area contributed by atoms with Crippen LogP contribution in [0.15, 0.2) is 23.0 Å². The molecule has 25 heavy (non-hydrogen) atoms. The quantitative estimate of drug-likeness (QED) is 0.896. The van der Waals surface area contributed by atoms with Gasteiger partial charge < -0.3 is 5.32 Å². The molecule has 1 fully saturated rings. The highest BCUT2D eigenvalue weighted by Crippen LogP contribution is 2.34. The maximum atomic E-state index is 13.6. The Morgan fingerprint density at radius 1 is 1.32 bits per heavy atom. The lowest BCUT2D eigenvalue weighted by Crippen LogP contribution is -2.29. The lowest BCUT2D eigenvalue weighted by molar-refractivity contribution is 0.340. The lowest BCUT2D eigenvalue weighted by atomic mass is 9.82. The van der Waals surface area contributed by atoms with Crippen LogP contribution in [0.4, 0.5) is 4.39 Å². The molecule has 1 aromatic carbocycles. The number of nitrogens with zero attached hydrogens (tertiary/aromatic N) is 2. The predicted molar refractivity (Wildman–Crippen MR) is 99.5 cm³/mol. The van der Waals surface area contributed by atoms with E-state index in [0.29, 0.717) is 23.4 Å². The Bertz CT molecular complexity index is 778. The average molecular weight is 345 g/mol. The largest absolute Gasteiger partial charge is 0.317 e. The van der Waals surface area contributed by atoms with Gasteiger partial charge in [-0.25, -0.2) is 9.37 Å². The molecule has 2 atom stereocenters. The first-order valence-electron chi connectivity index (χ1n) is 9.56. The molecule has 0 bridgehead atoms. The predicted octanol–water partition coefficient (Wildman–Crippen LogP) is 3.83. The molecule has 1 aliphatic rings. The highest BCUT2D eigenvalue weighted by Gasteiger charge is 2.27. The standard InChI is InChI=1S/C20H28FN3O/c1-3-6-16(14-7-5-11-22-12-10-14)19-23-18-9-8-15(21)13-17(18)20(25)24(19)4-2/h8-9,13-14,16,22H,3-7,10-12H2,1-2H3. The maximum Gasteiger partial charge on any atom is 0.261 e. The van der Waals surface area contributed by atoms with Crippen LogP contribution in [0.3, 0.4) is 0 Å². The summed E-state index contributed by atoms with van der Waals surface area (Å²) in [6.45, 7) is 6.82. The van der Waals surface area contributed by atoms with Crippen LogP contribution in [0.2, 0.25) is 0 Å². The Hall–Kier alpha value is -1.75. The minimum Gasteiger partial charge on any atom is -0.317 e. The van der Waals surface area contributed by atoms with Gasteiger partial charge in [-0.2, -0.15) is 0 Å². The van der Waals surface area contributed by atoms with E-state index in [4.69, 9.17) is 4.98 Å². The summed E-state index contributed by atoms with van der Waals surface area (Å²) in [5.74, 6) is 1.33. The SMILES string of the molecule is CCCC(c1nc2ccc(F)cc2c(=O)n1CC)C1CCCNCC1. The van der Waals surface area contributed by atoms with Gasteiger partial charge in [0.1, 0.15) is 11.6 Å². The topological polar surface area (TPSA) is 46.9 Å². The van der Waals surface area contributed by atoms with Crippen LogP contribution in [-0.4, -0.2) is 22.6 Å². The first kappa shape index (κ1) is 18.1. The van der Waals surface area contributed by atoms with Gasteiger partial charge in [-0.15, -0.1) is 0 Å². The summed E-state index contributed by atoms with van der Waals surface area (Å²) < 4.78 is 15.3. The number of fused-ring (bicyclic) bond motifs is 1. The van der Waals surface area contributed by atoms with Crippen molar-refractivity contribution in [2.45, 2.75) is 58.4 Å². The smallest absolute Gasteiger partial charge is 0.261 e. The lowest BCUT2D eigenvalue weighted by Gasteiger charge is -2.27. The van der Waals surface area contributed by atoms with E-state index in [0.717, 1.165) is 38.2 Å². The molecule has 4 nitrogen and oxygen atoms in total. The van der Waals surface area contributed by atoms with Gasteiger partial charge in [0, 0.05) is 12.5 Å².